The first kappa shape index (κ1) is 20.3. The lowest BCUT2D eigenvalue weighted by molar-refractivity contribution is 0.186. The zero-order chi connectivity index (χ0) is 19.4. The Labute approximate surface area is 163 Å². The van der Waals surface area contributed by atoms with Crippen molar-refractivity contribution in [2.45, 2.75) is 58.2 Å². The van der Waals surface area contributed by atoms with E-state index >= 15 is 0 Å². The number of nitrogens with one attached hydrogen (secondary N) is 1. The summed E-state index contributed by atoms with van der Waals surface area (Å²) in [5, 5.41) is 3.98. The van der Waals surface area contributed by atoms with Crippen LogP contribution in [-0.2, 0) is 17.8 Å². The van der Waals surface area contributed by atoms with Crippen LogP contribution >= 0.6 is 11.3 Å². The third-order valence-corrected chi connectivity index (χ3v) is 6.72. The van der Waals surface area contributed by atoms with Gasteiger partial charge in [0.1, 0.15) is 4.83 Å². The summed E-state index contributed by atoms with van der Waals surface area (Å²) in [5.74, 6) is 0. The summed E-state index contributed by atoms with van der Waals surface area (Å²) < 4.78 is 8.47. The first-order chi connectivity index (χ1) is 13.1. The highest BCUT2D eigenvalue weighted by atomic mass is 32.1. The number of hydrogen-bond acceptors (Lipinski definition) is 6. The second-order valence-corrected chi connectivity index (χ2v) is 8.27. The zero-order valence-corrected chi connectivity index (χ0v) is 17.1. The molecule has 2 aromatic rings. The number of nitrogens with zero attached hydrogens (tertiary/aromatic N) is 2. The summed E-state index contributed by atoms with van der Waals surface area (Å²) in [7, 11) is 1.63. The molecule has 0 spiro atoms. The van der Waals surface area contributed by atoms with Crippen LogP contribution in [-0.4, -0.2) is 35.9 Å². The third-order valence-electron chi connectivity index (χ3n) is 5.41. The first-order valence-corrected chi connectivity index (χ1v) is 10.6. The van der Waals surface area contributed by atoms with Gasteiger partial charge in [0.2, 0.25) is 0 Å². The fourth-order valence-corrected chi connectivity index (χ4v) is 5.21. The molecule has 8 heteroatoms. The van der Waals surface area contributed by atoms with Crippen molar-refractivity contribution in [2.24, 2.45) is 5.73 Å². The van der Waals surface area contributed by atoms with Gasteiger partial charge in [-0.15, -0.1) is 11.3 Å². The summed E-state index contributed by atoms with van der Waals surface area (Å²) in [5.41, 5.74) is 6.21. The maximum Gasteiger partial charge on any atom is 0.332 e. The summed E-state index contributed by atoms with van der Waals surface area (Å²) in [4.78, 5) is 28.4. The molecule has 0 unspecified atom stereocenters. The maximum absolute atomic E-state index is 13.3. The summed E-state index contributed by atoms with van der Waals surface area (Å²) in [6, 6.07) is 0.00931. The van der Waals surface area contributed by atoms with E-state index in [4.69, 9.17) is 10.5 Å². The Hall–Kier alpha value is -1.48. The third kappa shape index (κ3) is 4.03. The topological polar surface area (TPSA) is 91.3 Å². The van der Waals surface area contributed by atoms with Gasteiger partial charge in [-0.05, 0) is 25.3 Å². The Morgan fingerprint density at radius 3 is 2.67 bits per heavy atom. The number of methoxy groups -OCH3 is 1. The molecule has 0 bridgehead atoms. The van der Waals surface area contributed by atoms with Crippen molar-refractivity contribution in [1.82, 2.24) is 14.5 Å². The van der Waals surface area contributed by atoms with Crippen LogP contribution in [0.25, 0.3) is 10.2 Å². The molecule has 1 saturated carbocycles. The Bertz CT molecular complexity index is 893. The van der Waals surface area contributed by atoms with Gasteiger partial charge in [0.05, 0.1) is 18.5 Å². The molecule has 0 saturated heterocycles. The van der Waals surface area contributed by atoms with E-state index in [-0.39, 0.29) is 17.3 Å². The van der Waals surface area contributed by atoms with E-state index in [2.05, 4.69) is 5.32 Å². The van der Waals surface area contributed by atoms with E-state index in [9.17, 15) is 9.59 Å². The average molecular weight is 395 g/mol. The molecule has 0 radical (unpaired) electrons. The number of fused-ring (bicyclic) bond motifs is 1. The predicted octanol–water partition coefficient (Wildman–Crippen LogP) is 1.73. The van der Waals surface area contributed by atoms with Gasteiger partial charge in [0, 0.05) is 37.7 Å². The van der Waals surface area contributed by atoms with Crippen LogP contribution in [0.2, 0.25) is 0 Å². The molecular formula is C19H30N4O3S. The van der Waals surface area contributed by atoms with Crippen molar-refractivity contribution >= 4 is 21.6 Å². The van der Waals surface area contributed by atoms with Gasteiger partial charge in [-0.1, -0.05) is 19.3 Å². The minimum atomic E-state index is -0.195. The molecule has 0 atom stereocenters. The lowest BCUT2D eigenvalue weighted by atomic mass is 9.95. The molecule has 1 aliphatic rings. The van der Waals surface area contributed by atoms with Crippen LogP contribution in [0, 0.1) is 6.92 Å². The Morgan fingerprint density at radius 2 is 2.00 bits per heavy atom. The van der Waals surface area contributed by atoms with Crippen LogP contribution in [0.3, 0.4) is 0 Å². The second kappa shape index (κ2) is 9.14. The van der Waals surface area contributed by atoms with Gasteiger partial charge in [0.15, 0.2) is 0 Å². The van der Waals surface area contributed by atoms with Gasteiger partial charge in [-0.25, -0.2) is 4.79 Å². The van der Waals surface area contributed by atoms with Crippen LogP contribution < -0.4 is 22.3 Å². The van der Waals surface area contributed by atoms with Crippen LogP contribution in [0.4, 0.5) is 0 Å². The van der Waals surface area contributed by atoms with Gasteiger partial charge >= 0.3 is 5.69 Å². The quantitative estimate of drug-likeness (QED) is 0.666. The highest BCUT2D eigenvalue weighted by Gasteiger charge is 2.25. The van der Waals surface area contributed by atoms with Gasteiger partial charge in [0.25, 0.3) is 5.56 Å². The summed E-state index contributed by atoms with van der Waals surface area (Å²) >= 11 is 1.53. The molecule has 150 valence electrons. The molecule has 0 aromatic carbocycles. The van der Waals surface area contributed by atoms with Crippen LogP contribution in [0.15, 0.2) is 9.59 Å². The van der Waals surface area contributed by atoms with Gasteiger partial charge in [-0.2, -0.15) is 0 Å². The SMILES string of the molecule is COCCn1c(=O)n(C2CCCCC2)c(=O)c2c(C)c(CNCCN)sc21. The fraction of sp³-hybridized carbons (Fsp3) is 0.684. The van der Waals surface area contributed by atoms with E-state index in [1.54, 1.807) is 11.7 Å². The average Bonchev–Trinajstić information content (AvgIpc) is 2.99. The maximum atomic E-state index is 13.3. The van der Waals surface area contributed by atoms with Crippen molar-refractivity contribution in [2.75, 3.05) is 26.8 Å². The number of thiophene rings is 1. The zero-order valence-electron chi connectivity index (χ0n) is 16.3. The number of aryl methyl sites for hydroxylation is 1. The molecule has 3 N–H and O–H groups in total. The van der Waals surface area contributed by atoms with E-state index in [1.807, 2.05) is 6.92 Å². The standard InChI is InChI=1S/C19H30N4O3S/c1-13-15(12-21-9-8-20)27-18-16(13)17(24)23(14-6-4-3-5-7-14)19(25)22(18)10-11-26-2/h14,21H,3-12,20H2,1-2H3. The smallest absolute Gasteiger partial charge is 0.332 e. The number of ether oxygens (including phenoxy) is 1. The van der Waals surface area contributed by atoms with Gasteiger partial charge < -0.3 is 15.8 Å². The molecule has 1 aliphatic carbocycles. The highest BCUT2D eigenvalue weighted by molar-refractivity contribution is 7.18. The normalized spacial score (nSPS) is 15.7. The molecule has 1 fully saturated rings. The Kier molecular flexibility index (Phi) is 6.86. The van der Waals surface area contributed by atoms with E-state index in [0.29, 0.717) is 31.6 Å². The molecule has 2 aromatic heterocycles. The lowest BCUT2D eigenvalue weighted by Crippen LogP contribution is -2.43. The van der Waals surface area contributed by atoms with Crippen molar-refractivity contribution in [3.8, 4) is 0 Å². The molecule has 27 heavy (non-hydrogen) atoms. The fourth-order valence-electron chi connectivity index (χ4n) is 3.92. The minimum Gasteiger partial charge on any atom is -0.383 e. The number of aromatic nitrogens is 2. The second-order valence-electron chi connectivity index (χ2n) is 7.19. The molecule has 3 rings (SSSR count). The van der Waals surface area contributed by atoms with E-state index < -0.39 is 0 Å². The van der Waals surface area contributed by atoms with E-state index in [1.165, 1.54) is 22.3 Å². The predicted molar refractivity (Wildman–Crippen MR) is 110 cm³/mol. The van der Waals surface area contributed by atoms with Crippen molar-refractivity contribution in [3.05, 3.63) is 31.3 Å². The minimum absolute atomic E-state index is 0.00931. The number of nitrogens with two attached hydrogens (primary N) is 1. The van der Waals surface area contributed by atoms with Crippen molar-refractivity contribution in [1.29, 1.82) is 0 Å². The highest BCUT2D eigenvalue weighted by Crippen LogP contribution is 2.30. The number of rotatable bonds is 8. The molecule has 7 nitrogen and oxygen atoms in total. The molecular weight excluding hydrogens is 364 g/mol. The van der Waals surface area contributed by atoms with Crippen molar-refractivity contribution in [3.63, 3.8) is 0 Å². The van der Waals surface area contributed by atoms with Crippen LogP contribution in [0.1, 0.15) is 48.6 Å². The molecule has 0 aliphatic heterocycles. The molecule has 2 heterocycles. The summed E-state index contributed by atoms with van der Waals surface area (Å²) in [6.45, 7) is 4.82. The van der Waals surface area contributed by atoms with E-state index in [0.717, 1.165) is 47.5 Å². The monoisotopic (exact) mass is 394 g/mol. The largest absolute Gasteiger partial charge is 0.383 e. The van der Waals surface area contributed by atoms with Gasteiger partial charge in [-0.3, -0.25) is 13.9 Å². The van der Waals surface area contributed by atoms with Crippen LogP contribution in [0.5, 0.6) is 0 Å². The Balaban J connectivity index is 2.16. The summed E-state index contributed by atoms with van der Waals surface area (Å²) in [6.07, 6.45) is 5.13. The van der Waals surface area contributed by atoms with Crippen molar-refractivity contribution < 1.29 is 4.74 Å². The Morgan fingerprint density at radius 1 is 1.26 bits per heavy atom. The number of hydrogen-bond donors (Lipinski definition) is 2. The molecule has 0 amide bonds. The first-order valence-electron chi connectivity index (χ1n) is 9.77. The lowest BCUT2D eigenvalue weighted by Gasteiger charge is -2.24.